The van der Waals surface area contributed by atoms with Crippen LogP contribution < -0.4 is 0 Å². The van der Waals surface area contributed by atoms with E-state index in [1.54, 1.807) is 0 Å². The van der Waals surface area contributed by atoms with Crippen LogP contribution in [0, 0.1) is 0 Å². The summed E-state index contributed by atoms with van der Waals surface area (Å²) < 4.78 is 0. The van der Waals surface area contributed by atoms with Gasteiger partial charge in [-0.3, -0.25) is 0 Å². The van der Waals surface area contributed by atoms with Crippen LogP contribution in [0.25, 0.3) is 0 Å². The molecular weight excluding hydrogens is 184 g/mol. The van der Waals surface area contributed by atoms with Crippen molar-refractivity contribution in [2.75, 3.05) is 0 Å². The first-order chi connectivity index (χ1) is 5.46. The van der Waals surface area contributed by atoms with E-state index in [1.807, 2.05) is 0 Å². The molecule has 0 N–H and O–H groups in total. The summed E-state index contributed by atoms with van der Waals surface area (Å²) in [5.74, 6) is 0. The second-order valence-electron chi connectivity index (χ2n) is 5.00. The van der Waals surface area contributed by atoms with Crippen molar-refractivity contribution < 1.29 is 0 Å². The Morgan fingerprint density at radius 1 is 1.00 bits per heavy atom. The number of hydrogen-bond donors (Lipinski definition) is 0. The van der Waals surface area contributed by atoms with Crippen molar-refractivity contribution >= 4 is 21.8 Å². The summed E-state index contributed by atoms with van der Waals surface area (Å²) >= 11 is 6.58. The van der Waals surface area contributed by atoms with E-state index in [4.69, 9.17) is 11.6 Å². The molecule has 1 aliphatic rings. The summed E-state index contributed by atoms with van der Waals surface area (Å²) in [6.07, 6.45) is 8.10. The van der Waals surface area contributed by atoms with E-state index >= 15 is 0 Å². The maximum absolute atomic E-state index is 6.58. The van der Waals surface area contributed by atoms with Gasteiger partial charge in [-0.25, -0.2) is 0 Å². The van der Waals surface area contributed by atoms with Gasteiger partial charge in [-0.05, 0) is 24.8 Å². The van der Waals surface area contributed by atoms with Gasteiger partial charge < -0.3 is 0 Å². The Labute approximate surface area is 84.5 Å². The van der Waals surface area contributed by atoms with Crippen molar-refractivity contribution in [1.82, 2.24) is 0 Å². The normalized spacial score (nSPS) is 45.2. The van der Waals surface area contributed by atoms with E-state index in [0.29, 0.717) is 5.04 Å². The maximum Gasteiger partial charge on any atom is 0.0439 e. The van der Waals surface area contributed by atoms with Gasteiger partial charge in [0, 0.05) is 15.1 Å². The molecule has 0 aromatic carbocycles. The zero-order valence-corrected chi connectivity index (χ0v) is 11.4. The predicted octanol–water partition coefficient (Wildman–Crippen LogP) is 2.88. The monoisotopic (exact) mass is 204 g/mol. The Morgan fingerprint density at radius 3 is 2.08 bits per heavy atom. The topological polar surface area (TPSA) is 0 Å². The molecule has 0 nitrogen and oxygen atoms in total. The lowest BCUT2D eigenvalue weighted by atomic mass is 9.82. The van der Waals surface area contributed by atoms with Crippen LogP contribution in [0.3, 0.4) is 0 Å². The molecule has 0 radical (unpaired) electrons. The molecule has 0 aromatic heterocycles. The average Bonchev–Trinajstić information content (AvgIpc) is 1.94. The highest BCUT2D eigenvalue weighted by molar-refractivity contribution is 6.31. The van der Waals surface area contributed by atoms with Crippen molar-refractivity contribution in [2.45, 2.75) is 62.3 Å². The standard InChI is InChI=1S/C10H21ClSi/c1-9(11)7-5-3-4-6-8-10(9,2)12/h3-8H2,1-2,12H3. The van der Waals surface area contributed by atoms with Crippen LogP contribution in [0.5, 0.6) is 0 Å². The molecule has 0 amide bonds. The lowest BCUT2D eigenvalue weighted by molar-refractivity contribution is 0.346. The molecule has 72 valence electrons. The van der Waals surface area contributed by atoms with Crippen LogP contribution in [0.1, 0.15) is 52.4 Å². The molecule has 0 aliphatic heterocycles. The molecule has 0 heterocycles. The predicted molar refractivity (Wildman–Crippen MR) is 60.3 cm³/mol. The molecule has 2 unspecified atom stereocenters. The van der Waals surface area contributed by atoms with Crippen molar-refractivity contribution in [3.63, 3.8) is 0 Å². The lowest BCUT2D eigenvalue weighted by Gasteiger charge is -2.41. The Morgan fingerprint density at radius 2 is 1.50 bits per heavy atom. The number of hydrogen-bond acceptors (Lipinski definition) is 0. The fraction of sp³-hybridized carbons (Fsp3) is 1.00. The van der Waals surface area contributed by atoms with E-state index in [0.717, 1.165) is 0 Å². The van der Waals surface area contributed by atoms with Gasteiger partial charge in [-0.2, -0.15) is 0 Å². The van der Waals surface area contributed by atoms with E-state index in [1.165, 1.54) is 48.8 Å². The summed E-state index contributed by atoms with van der Waals surface area (Å²) in [5.41, 5.74) is 0. The SMILES string of the molecule is CC1([SiH3])CCCCCCC1(C)Cl. The van der Waals surface area contributed by atoms with Crippen LogP contribution in [-0.2, 0) is 0 Å². The first-order valence-corrected chi connectivity index (χ1v) is 6.52. The first-order valence-electron chi connectivity index (χ1n) is 5.15. The molecule has 0 saturated heterocycles. The minimum atomic E-state index is 0.0830. The summed E-state index contributed by atoms with van der Waals surface area (Å²) in [5, 5.41) is 0.453. The van der Waals surface area contributed by atoms with Gasteiger partial charge in [0.05, 0.1) is 0 Å². The Balaban J connectivity index is 2.66. The average molecular weight is 205 g/mol. The van der Waals surface area contributed by atoms with Crippen molar-refractivity contribution in [1.29, 1.82) is 0 Å². The van der Waals surface area contributed by atoms with E-state index in [-0.39, 0.29) is 4.87 Å². The minimum Gasteiger partial charge on any atom is -0.119 e. The molecule has 1 saturated carbocycles. The Hall–Kier alpha value is 0.507. The molecule has 1 aliphatic carbocycles. The van der Waals surface area contributed by atoms with Gasteiger partial charge in [0.1, 0.15) is 0 Å². The molecular formula is C10H21ClSi. The second-order valence-corrected chi connectivity index (χ2v) is 8.04. The highest BCUT2D eigenvalue weighted by atomic mass is 35.5. The molecule has 0 bridgehead atoms. The third-order valence-corrected chi connectivity index (χ3v) is 6.23. The smallest absolute Gasteiger partial charge is 0.0439 e. The summed E-state index contributed by atoms with van der Waals surface area (Å²) in [6, 6.07) is 0. The molecule has 0 aromatic rings. The summed E-state index contributed by atoms with van der Waals surface area (Å²) in [6.45, 7) is 4.62. The van der Waals surface area contributed by atoms with Crippen molar-refractivity contribution in [3.8, 4) is 0 Å². The van der Waals surface area contributed by atoms with Gasteiger partial charge in [0.25, 0.3) is 0 Å². The fourth-order valence-corrected chi connectivity index (χ4v) is 2.81. The third kappa shape index (κ3) is 2.26. The highest BCUT2D eigenvalue weighted by Gasteiger charge is 2.38. The van der Waals surface area contributed by atoms with E-state index in [2.05, 4.69) is 13.8 Å². The van der Waals surface area contributed by atoms with Crippen LogP contribution in [0.4, 0.5) is 0 Å². The van der Waals surface area contributed by atoms with E-state index in [9.17, 15) is 0 Å². The van der Waals surface area contributed by atoms with Crippen LogP contribution >= 0.6 is 11.6 Å². The largest absolute Gasteiger partial charge is 0.119 e. The molecule has 0 spiro atoms. The van der Waals surface area contributed by atoms with Crippen LogP contribution in [0.2, 0.25) is 5.04 Å². The van der Waals surface area contributed by atoms with Gasteiger partial charge in [-0.1, -0.05) is 32.6 Å². The molecule has 1 rings (SSSR count). The number of halogens is 1. The van der Waals surface area contributed by atoms with Gasteiger partial charge in [0.15, 0.2) is 0 Å². The van der Waals surface area contributed by atoms with Gasteiger partial charge >= 0.3 is 0 Å². The highest BCUT2D eigenvalue weighted by Crippen LogP contribution is 2.49. The molecule has 1 fully saturated rings. The third-order valence-electron chi connectivity index (χ3n) is 3.61. The van der Waals surface area contributed by atoms with Crippen LogP contribution in [0.15, 0.2) is 0 Å². The maximum atomic E-state index is 6.58. The van der Waals surface area contributed by atoms with Gasteiger partial charge in [-0.15, -0.1) is 11.6 Å². The molecule has 12 heavy (non-hydrogen) atoms. The second kappa shape index (κ2) is 3.71. The Kier molecular flexibility index (Phi) is 3.27. The summed E-state index contributed by atoms with van der Waals surface area (Å²) in [7, 11) is 1.23. The summed E-state index contributed by atoms with van der Waals surface area (Å²) in [4.78, 5) is 0.0830. The van der Waals surface area contributed by atoms with Gasteiger partial charge in [0.2, 0.25) is 0 Å². The molecule has 2 heteroatoms. The lowest BCUT2D eigenvalue weighted by Crippen LogP contribution is -2.34. The number of alkyl halides is 1. The van der Waals surface area contributed by atoms with Crippen molar-refractivity contribution in [2.24, 2.45) is 0 Å². The fourth-order valence-electron chi connectivity index (χ4n) is 1.98. The zero-order valence-electron chi connectivity index (χ0n) is 8.62. The van der Waals surface area contributed by atoms with Crippen LogP contribution in [-0.4, -0.2) is 15.1 Å². The molecule has 2 atom stereocenters. The first kappa shape index (κ1) is 10.6. The quantitative estimate of drug-likeness (QED) is 0.421. The number of rotatable bonds is 0. The van der Waals surface area contributed by atoms with Crippen molar-refractivity contribution in [3.05, 3.63) is 0 Å². The Bertz CT molecular complexity index is 134. The van der Waals surface area contributed by atoms with E-state index < -0.39 is 0 Å². The minimum absolute atomic E-state index is 0.0830. The zero-order chi connectivity index (χ0) is 9.24.